The Morgan fingerprint density at radius 3 is 1.84 bits per heavy atom. The lowest BCUT2D eigenvalue weighted by Gasteiger charge is -2.40. The maximum Gasteiger partial charge on any atom is 0.355 e. The van der Waals surface area contributed by atoms with Gasteiger partial charge >= 0.3 is 11.9 Å². The molecule has 3 aliphatic heterocycles. The SMILES string of the molecule is CC1=C(C(=O)OCc2ccccc2)N2C(=O)C(N3C(=O)c4ccccc4C3=O)CC(C(=O)OCc3ccccc3)=C2SC1. The zero-order valence-corrected chi connectivity index (χ0v) is 24.0. The standard InChI is InChI=1S/C33H26N2O7S/c1-20-19-43-31-25(32(39)41-17-21-10-4-2-5-11-21)16-26(34-28(36)23-14-8-9-15-24(23)29(34)37)30(38)35(31)27(20)33(40)42-18-22-12-6-3-7-13-22/h2-15,26H,16-19H2,1H3. The second kappa shape index (κ2) is 11.7. The molecule has 0 radical (unpaired) electrons. The number of ether oxygens (including phenoxy) is 2. The van der Waals surface area contributed by atoms with Crippen LogP contribution in [0.25, 0.3) is 0 Å². The first kappa shape index (κ1) is 28.2. The number of esters is 2. The Morgan fingerprint density at radius 2 is 1.28 bits per heavy atom. The molecule has 1 unspecified atom stereocenters. The van der Waals surface area contributed by atoms with Crippen LogP contribution in [-0.4, -0.2) is 51.3 Å². The molecule has 10 heteroatoms. The first-order valence-electron chi connectivity index (χ1n) is 13.6. The second-order valence-corrected chi connectivity index (χ2v) is 11.2. The van der Waals surface area contributed by atoms with Crippen molar-refractivity contribution in [2.75, 3.05) is 5.75 Å². The Bertz CT molecular complexity index is 1680. The fraction of sp³-hybridized carbons (Fsp3) is 0.182. The summed E-state index contributed by atoms with van der Waals surface area (Å²) in [5.74, 6) is -3.10. The van der Waals surface area contributed by atoms with E-state index in [2.05, 4.69) is 0 Å². The van der Waals surface area contributed by atoms with Gasteiger partial charge in [-0.1, -0.05) is 72.8 Å². The molecule has 3 heterocycles. The van der Waals surface area contributed by atoms with Gasteiger partial charge in [0.15, 0.2) is 0 Å². The minimum absolute atomic E-state index is 0.0202. The molecule has 3 aromatic carbocycles. The lowest BCUT2D eigenvalue weighted by atomic mass is 9.98. The van der Waals surface area contributed by atoms with E-state index in [1.54, 1.807) is 19.1 Å². The average molecular weight is 595 g/mol. The third-order valence-electron chi connectivity index (χ3n) is 7.42. The number of amides is 3. The third-order valence-corrected chi connectivity index (χ3v) is 8.70. The number of carbonyl (C=O) groups is 5. The lowest BCUT2D eigenvalue weighted by molar-refractivity contribution is -0.147. The summed E-state index contributed by atoms with van der Waals surface area (Å²) in [6, 6.07) is 23.1. The van der Waals surface area contributed by atoms with Crippen LogP contribution in [0.1, 0.15) is 45.2 Å². The average Bonchev–Trinajstić information content (AvgIpc) is 3.29. The Hall–Kier alpha value is -4.96. The summed E-state index contributed by atoms with van der Waals surface area (Å²) < 4.78 is 11.2. The molecule has 0 saturated heterocycles. The van der Waals surface area contributed by atoms with Gasteiger partial charge in [0, 0.05) is 12.2 Å². The van der Waals surface area contributed by atoms with E-state index in [0.29, 0.717) is 11.3 Å². The summed E-state index contributed by atoms with van der Waals surface area (Å²) in [5.41, 5.74) is 2.48. The molecular weight excluding hydrogens is 568 g/mol. The minimum Gasteiger partial charge on any atom is -0.457 e. The summed E-state index contributed by atoms with van der Waals surface area (Å²) in [6.07, 6.45) is -0.248. The van der Waals surface area contributed by atoms with E-state index in [1.165, 1.54) is 23.9 Å². The minimum atomic E-state index is -1.38. The van der Waals surface area contributed by atoms with Gasteiger partial charge in [-0.2, -0.15) is 0 Å². The second-order valence-electron chi connectivity index (χ2n) is 10.2. The molecular formula is C33H26N2O7S. The fourth-order valence-corrected chi connectivity index (χ4v) is 6.42. The molecule has 3 aliphatic rings. The molecule has 3 amide bonds. The van der Waals surface area contributed by atoms with E-state index >= 15 is 0 Å². The van der Waals surface area contributed by atoms with Gasteiger partial charge < -0.3 is 9.47 Å². The number of fused-ring (bicyclic) bond motifs is 2. The predicted octanol–water partition coefficient (Wildman–Crippen LogP) is 4.60. The van der Waals surface area contributed by atoms with Crippen LogP contribution in [0.15, 0.2) is 107 Å². The van der Waals surface area contributed by atoms with Gasteiger partial charge in [0.1, 0.15) is 25.0 Å². The van der Waals surface area contributed by atoms with Crippen molar-refractivity contribution < 1.29 is 33.4 Å². The van der Waals surface area contributed by atoms with Crippen molar-refractivity contribution in [3.8, 4) is 0 Å². The molecule has 0 fully saturated rings. The molecule has 0 spiro atoms. The first-order valence-corrected chi connectivity index (χ1v) is 14.6. The molecule has 3 aromatic rings. The number of imide groups is 1. The van der Waals surface area contributed by atoms with Gasteiger partial charge in [0.2, 0.25) is 0 Å². The number of benzene rings is 3. The monoisotopic (exact) mass is 594 g/mol. The van der Waals surface area contributed by atoms with Crippen molar-refractivity contribution in [1.82, 2.24) is 9.80 Å². The Balaban J connectivity index is 1.37. The fourth-order valence-electron chi connectivity index (χ4n) is 5.28. The number of thioether (sulfide) groups is 1. The topological polar surface area (TPSA) is 110 Å². The molecule has 0 saturated carbocycles. The summed E-state index contributed by atoms with van der Waals surface area (Å²) in [7, 11) is 0. The van der Waals surface area contributed by atoms with Crippen LogP contribution in [0.4, 0.5) is 0 Å². The van der Waals surface area contributed by atoms with Crippen LogP contribution in [0.3, 0.4) is 0 Å². The Morgan fingerprint density at radius 1 is 0.767 bits per heavy atom. The smallest absolute Gasteiger partial charge is 0.355 e. The van der Waals surface area contributed by atoms with E-state index in [9.17, 15) is 24.0 Å². The van der Waals surface area contributed by atoms with Gasteiger partial charge in [0.25, 0.3) is 17.7 Å². The van der Waals surface area contributed by atoms with Crippen molar-refractivity contribution in [3.05, 3.63) is 129 Å². The molecule has 0 aliphatic carbocycles. The maximum atomic E-state index is 14.2. The van der Waals surface area contributed by atoms with Crippen molar-refractivity contribution in [2.45, 2.75) is 32.6 Å². The zero-order chi connectivity index (χ0) is 30.1. The highest BCUT2D eigenvalue weighted by Crippen LogP contribution is 2.43. The number of rotatable bonds is 7. The normalized spacial score (nSPS) is 18.1. The third kappa shape index (κ3) is 5.25. The first-order chi connectivity index (χ1) is 20.8. The van der Waals surface area contributed by atoms with Crippen LogP contribution in [-0.2, 0) is 37.1 Å². The Labute approximate surface area is 251 Å². The van der Waals surface area contributed by atoms with Crippen LogP contribution in [0.5, 0.6) is 0 Å². The van der Waals surface area contributed by atoms with Crippen molar-refractivity contribution in [3.63, 3.8) is 0 Å². The van der Waals surface area contributed by atoms with E-state index in [1.807, 2.05) is 60.7 Å². The van der Waals surface area contributed by atoms with Gasteiger partial charge in [-0.3, -0.25) is 24.2 Å². The van der Waals surface area contributed by atoms with Crippen LogP contribution < -0.4 is 0 Å². The van der Waals surface area contributed by atoms with E-state index < -0.39 is 35.7 Å². The molecule has 9 nitrogen and oxygen atoms in total. The molecule has 6 rings (SSSR count). The molecule has 0 bridgehead atoms. The zero-order valence-electron chi connectivity index (χ0n) is 23.1. The van der Waals surface area contributed by atoms with Crippen molar-refractivity contribution >= 4 is 41.4 Å². The van der Waals surface area contributed by atoms with E-state index in [0.717, 1.165) is 20.9 Å². The van der Waals surface area contributed by atoms with Crippen LogP contribution >= 0.6 is 11.8 Å². The van der Waals surface area contributed by atoms with E-state index in [4.69, 9.17) is 9.47 Å². The number of hydrogen-bond donors (Lipinski definition) is 0. The maximum absolute atomic E-state index is 14.2. The highest BCUT2D eigenvalue weighted by Gasteiger charge is 2.51. The number of carbonyl (C=O) groups excluding carboxylic acids is 5. The van der Waals surface area contributed by atoms with Crippen LogP contribution in [0, 0.1) is 0 Å². The van der Waals surface area contributed by atoms with Crippen molar-refractivity contribution in [2.24, 2.45) is 0 Å². The molecule has 216 valence electrons. The summed E-state index contributed by atoms with van der Waals surface area (Å²) >= 11 is 1.22. The largest absolute Gasteiger partial charge is 0.457 e. The highest BCUT2D eigenvalue weighted by molar-refractivity contribution is 8.03. The summed E-state index contributed by atoms with van der Waals surface area (Å²) in [5, 5.41) is 0.230. The Kier molecular flexibility index (Phi) is 7.69. The molecule has 1 atom stereocenters. The van der Waals surface area contributed by atoms with Crippen molar-refractivity contribution in [1.29, 1.82) is 0 Å². The van der Waals surface area contributed by atoms with Crippen LogP contribution in [0.2, 0.25) is 0 Å². The highest BCUT2D eigenvalue weighted by atomic mass is 32.2. The predicted molar refractivity (Wildman–Crippen MR) is 157 cm³/mol. The quantitative estimate of drug-likeness (QED) is 0.288. The summed E-state index contributed by atoms with van der Waals surface area (Å²) in [4.78, 5) is 70.2. The van der Waals surface area contributed by atoms with Gasteiger partial charge in [-0.25, -0.2) is 9.59 Å². The number of nitrogens with zero attached hydrogens (tertiary/aromatic N) is 2. The molecule has 43 heavy (non-hydrogen) atoms. The molecule has 0 aromatic heterocycles. The van der Waals surface area contributed by atoms with Gasteiger partial charge in [-0.15, -0.1) is 11.8 Å². The molecule has 0 N–H and O–H groups in total. The summed E-state index contributed by atoms with van der Waals surface area (Å²) in [6.45, 7) is 1.65. The van der Waals surface area contributed by atoms with Gasteiger partial charge in [0.05, 0.1) is 21.7 Å². The van der Waals surface area contributed by atoms with E-state index in [-0.39, 0.29) is 47.1 Å². The lowest BCUT2D eigenvalue weighted by Crippen LogP contribution is -2.55. The van der Waals surface area contributed by atoms with Gasteiger partial charge in [-0.05, 0) is 35.8 Å². The number of hydrogen-bond acceptors (Lipinski definition) is 8.